The summed E-state index contributed by atoms with van der Waals surface area (Å²) in [6, 6.07) is 3.24. The van der Waals surface area contributed by atoms with Gasteiger partial charge in [-0.1, -0.05) is 0 Å². The molecule has 1 fully saturated rings. The summed E-state index contributed by atoms with van der Waals surface area (Å²) in [5, 5.41) is 10.2. The summed E-state index contributed by atoms with van der Waals surface area (Å²) in [6.45, 7) is 1.29. The number of thioether (sulfide) groups is 1. The standard InChI is InChI=1S/C17H19BrN4O4S/c18-14-4-3-13(26-14)17(24)20-16-11-8-27-9-12(11)21-22(16)7-15(23)19-6-10-2-1-5-25-10/h3-4,10H,1-2,5-9H2,(H,19,23)(H,20,24)/t10-/m0/s1. The zero-order valence-electron chi connectivity index (χ0n) is 14.5. The van der Waals surface area contributed by atoms with Crippen molar-refractivity contribution in [1.82, 2.24) is 15.1 Å². The molecule has 8 nitrogen and oxygen atoms in total. The van der Waals surface area contributed by atoms with E-state index in [1.807, 2.05) is 0 Å². The lowest BCUT2D eigenvalue weighted by Gasteiger charge is -2.13. The van der Waals surface area contributed by atoms with Crippen molar-refractivity contribution in [2.24, 2.45) is 0 Å². The maximum absolute atomic E-state index is 12.5. The Balaban J connectivity index is 1.45. The molecule has 0 aromatic carbocycles. The third kappa shape index (κ3) is 4.22. The van der Waals surface area contributed by atoms with Crippen molar-refractivity contribution in [3.8, 4) is 0 Å². The molecular formula is C17H19BrN4O4S. The van der Waals surface area contributed by atoms with E-state index in [4.69, 9.17) is 9.15 Å². The molecule has 2 aromatic heterocycles. The van der Waals surface area contributed by atoms with Crippen LogP contribution in [-0.2, 0) is 27.6 Å². The quantitative estimate of drug-likeness (QED) is 0.695. The van der Waals surface area contributed by atoms with Crippen molar-refractivity contribution in [1.29, 1.82) is 0 Å². The molecule has 0 saturated carbocycles. The fourth-order valence-corrected chi connectivity index (χ4v) is 4.49. The van der Waals surface area contributed by atoms with Crippen LogP contribution >= 0.6 is 27.7 Å². The minimum atomic E-state index is -0.374. The lowest BCUT2D eigenvalue weighted by Crippen LogP contribution is -2.34. The molecule has 2 N–H and O–H groups in total. The average Bonchev–Trinajstić information content (AvgIpc) is 3.40. The summed E-state index contributed by atoms with van der Waals surface area (Å²) >= 11 is 4.92. The summed E-state index contributed by atoms with van der Waals surface area (Å²) in [7, 11) is 0. The summed E-state index contributed by atoms with van der Waals surface area (Å²) in [5.74, 6) is 1.74. The number of furan rings is 1. The van der Waals surface area contributed by atoms with Crippen LogP contribution in [0.1, 0.15) is 34.7 Å². The molecule has 2 aromatic rings. The van der Waals surface area contributed by atoms with E-state index in [0.717, 1.165) is 42.2 Å². The molecule has 0 unspecified atom stereocenters. The van der Waals surface area contributed by atoms with E-state index in [-0.39, 0.29) is 30.2 Å². The topological polar surface area (TPSA) is 98.4 Å². The Labute approximate surface area is 168 Å². The number of nitrogens with zero attached hydrogens (tertiary/aromatic N) is 2. The molecule has 0 aliphatic carbocycles. The van der Waals surface area contributed by atoms with Gasteiger partial charge in [0.15, 0.2) is 10.4 Å². The molecule has 4 heterocycles. The van der Waals surface area contributed by atoms with Crippen molar-refractivity contribution in [3.05, 3.63) is 33.8 Å². The Hall–Kier alpha value is -1.78. The third-order valence-electron chi connectivity index (χ3n) is 4.49. The Morgan fingerprint density at radius 1 is 1.37 bits per heavy atom. The number of ether oxygens (including phenoxy) is 1. The van der Waals surface area contributed by atoms with Crippen LogP contribution in [0.2, 0.25) is 0 Å². The normalized spacial score (nSPS) is 18.5. The van der Waals surface area contributed by atoms with Crippen molar-refractivity contribution < 1.29 is 18.7 Å². The first kappa shape index (κ1) is 18.6. The van der Waals surface area contributed by atoms with E-state index in [2.05, 4.69) is 31.7 Å². The van der Waals surface area contributed by atoms with Gasteiger partial charge in [0.25, 0.3) is 5.91 Å². The van der Waals surface area contributed by atoms with Crippen LogP contribution in [0.3, 0.4) is 0 Å². The van der Waals surface area contributed by atoms with E-state index in [1.165, 1.54) is 0 Å². The lowest BCUT2D eigenvalue weighted by molar-refractivity contribution is -0.122. The Bertz CT molecular complexity index is 859. The second kappa shape index (κ2) is 8.07. The number of amides is 2. The Kier molecular flexibility index (Phi) is 5.55. The fourth-order valence-electron chi connectivity index (χ4n) is 3.15. The Morgan fingerprint density at radius 2 is 2.26 bits per heavy atom. The average molecular weight is 455 g/mol. The number of halogens is 1. The van der Waals surface area contributed by atoms with Crippen molar-refractivity contribution >= 4 is 45.3 Å². The van der Waals surface area contributed by atoms with Crippen LogP contribution in [-0.4, -0.2) is 40.9 Å². The van der Waals surface area contributed by atoms with Crippen LogP contribution in [0.4, 0.5) is 5.82 Å². The number of carbonyl (C=O) groups excluding carboxylic acids is 2. The number of aromatic nitrogens is 2. The highest BCUT2D eigenvalue weighted by atomic mass is 79.9. The number of hydrogen-bond donors (Lipinski definition) is 2. The van der Waals surface area contributed by atoms with Crippen molar-refractivity contribution in [2.45, 2.75) is 37.0 Å². The molecule has 144 valence electrons. The van der Waals surface area contributed by atoms with Crippen LogP contribution in [0, 0.1) is 0 Å². The highest BCUT2D eigenvalue weighted by molar-refractivity contribution is 9.10. The summed E-state index contributed by atoms with van der Waals surface area (Å²) < 4.78 is 12.9. The molecule has 2 aliphatic rings. The molecule has 0 spiro atoms. The van der Waals surface area contributed by atoms with Crippen molar-refractivity contribution in [3.63, 3.8) is 0 Å². The zero-order chi connectivity index (χ0) is 18.8. The fraction of sp³-hybridized carbons (Fsp3) is 0.471. The molecular weight excluding hydrogens is 436 g/mol. The predicted octanol–water partition coefficient (Wildman–Crippen LogP) is 2.53. The zero-order valence-corrected chi connectivity index (χ0v) is 16.9. The van der Waals surface area contributed by atoms with E-state index in [0.29, 0.717) is 17.0 Å². The van der Waals surface area contributed by atoms with E-state index in [9.17, 15) is 9.59 Å². The minimum absolute atomic E-state index is 0.0435. The van der Waals surface area contributed by atoms with Gasteiger partial charge in [-0.25, -0.2) is 4.68 Å². The maximum Gasteiger partial charge on any atom is 0.292 e. The molecule has 0 bridgehead atoms. The van der Waals surface area contributed by atoms with Gasteiger partial charge >= 0.3 is 0 Å². The maximum atomic E-state index is 12.5. The number of fused-ring (bicyclic) bond motifs is 1. The third-order valence-corrected chi connectivity index (χ3v) is 5.89. The second-order valence-electron chi connectivity index (χ2n) is 6.42. The van der Waals surface area contributed by atoms with E-state index < -0.39 is 0 Å². The Morgan fingerprint density at radius 3 is 3.00 bits per heavy atom. The number of anilines is 1. The molecule has 4 rings (SSSR count). The molecule has 0 radical (unpaired) electrons. The van der Waals surface area contributed by atoms with Gasteiger partial charge in [-0.2, -0.15) is 16.9 Å². The van der Waals surface area contributed by atoms with Crippen LogP contribution < -0.4 is 10.6 Å². The molecule has 2 aliphatic heterocycles. The molecule has 1 saturated heterocycles. The van der Waals surface area contributed by atoms with Crippen LogP contribution in [0.5, 0.6) is 0 Å². The SMILES string of the molecule is O=C(Cn1nc2c(c1NC(=O)c1ccc(Br)o1)CSC2)NC[C@@H]1CCCO1. The van der Waals surface area contributed by atoms with Gasteiger partial charge in [-0.3, -0.25) is 9.59 Å². The second-order valence-corrected chi connectivity index (χ2v) is 8.19. The van der Waals surface area contributed by atoms with Gasteiger partial charge in [-0.05, 0) is 40.9 Å². The highest BCUT2D eigenvalue weighted by Gasteiger charge is 2.26. The molecule has 27 heavy (non-hydrogen) atoms. The first-order valence-electron chi connectivity index (χ1n) is 8.71. The summed E-state index contributed by atoms with van der Waals surface area (Å²) in [5.41, 5.74) is 1.87. The largest absolute Gasteiger partial charge is 0.444 e. The summed E-state index contributed by atoms with van der Waals surface area (Å²) in [4.78, 5) is 24.8. The lowest BCUT2D eigenvalue weighted by atomic mass is 10.2. The first-order chi connectivity index (χ1) is 13.1. The molecule has 2 amide bonds. The van der Waals surface area contributed by atoms with Crippen LogP contribution in [0.15, 0.2) is 21.2 Å². The van der Waals surface area contributed by atoms with E-state index in [1.54, 1.807) is 28.6 Å². The van der Waals surface area contributed by atoms with Gasteiger partial charge in [0.05, 0.1) is 11.8 Å². The van der Waals surface area contributed by atoms with Gasteiger partial charge in [0.1, 0.15) is 12.4 Å². The molecule has 10 heteroatoms. The number of rotatable bonds is 6. The number of hydrogen-bond acceptors (Lipinski definition) is 6. The van der Waals surface area contributed by atoms with Crippen LogP contribution in [0.25, 0.3) is 0 Å². The monoisotopic (exact) mass is 454 g/mol. The highest BCUT2D eigenvalue weighted by Crippen LogP contribution is 2.35. The number of nitrogens with one attached hydrogen (secondary N) is 2. The van der Waals surface area contributed by atoms with E-state index >= 15 is 0 Å². The molecule has 1 atom stereocenters. The number of carbonyl (C=O) groups is 2. The summed E-state index contributed by atoms with van der Waals surface area (Å²) in [6.07, 6.45) is 2.08. The minimum Gasteiger partial charge on any atom is -0.444 e. The predicted molar refractivity (Wildman–Crippen MR) is 104 cm³/mol. The van der Waals surface area contributed by atoms with Gasteiger partial charge in [-0.15, -0.1) is 0 Å². The van der Waals surface area contributed by atoms with Gasteiger partial charge in [0, 0.05) is 30.2 Å². The smallest absolute Gasteiger partial charge is 0.292 e. The van der Waals surface area contributed by atoms with Crippen molar-refractivity contribution in [2.75, 3.05) is 18.5 Å². The van der Waals surface area contributed by atoms with Gasteiger partial charge < -0.3 is 19.8 Å². The first-order valence-corrected chi connectivity index (χ1v) is 10.7. The van der Waals surface area contributed by atoms with Gasteiger partial charge in [0.2, 0.25) is 5.91 Å².